The number of hydrogen-bond acceptors (Lipinski definition) is 6. The van der Waals surface area contributed by atoms with E-state index in [2.05, 4.69) is 27.9 Å². The van der Waals surface area contributed by atoms with Crippen molar-refractivity contribution in [2.45, 2.75) is 18.8 Å². The number of carbonyl (C=O) groups excluding carboxylic acids is 1. The number of aliphatic imine (C=N–C) groups is 1. The molecule has 4 rings (SSSR count). The Morgan fingerprint density at radius 1 is 1.29 bits per heavy atom. The van der Waals surface area contributed by atoms with Gasteiger partial charge >= 0.3 is 6.18 Å². The van der Waals surface area contributed by atoms with E-state index in [1.54, 1.807) is 12.1 Å². The molecule has 8 nitrogen and oxygen atoms in total. The van der Waals surface area contributed by atoms with Crippen LogP contribution in [0.4, 0.5) is 18.9 Å². The molecule has 2 heterocycles. The predicted octanol–water partition coefficient (Wildman–Crippen LogP) is 1.53. The van der Waals surface area contributed by atoms with Gasteiger partial charge in [-0.25, -0.2) is 4.99 Å². The van der Waals surface area contributed by atoms with Crippen molar-refractivity contribution in [3.8, 4) is 0 Å². The van der Waals surface area contributed by atoms with E-state index in [0.29, 0.717) is 37.2 Å². The number of carbonyl (C=O) groups is 1. The number of nitrogens with two attached hydrogens (primary N) is 2. The molecule has 1 aromatic carbocycles. The van der Waals surface area contributed by atoms with Crippen LogP contribution < -0.4 is 22.1 Å². The van der Waals surface area contributed by atoms with Crippen LogP contribution in [0, 0.1) is 11.8 Å². The molecule has 190 valence electrons. The van der Waals surface area contributed by atoms with Gasteiger partial charge in [0.1, 0.15) is 5.84 Å². The molecule has 2 saturated heterocycles. The number of nitrogens with one attached hydrogen (secondary N) is 2. The summed E-state index contributed by atoms with van der Waals surface area (Å²) in [4.78, 5) is 19.0. The number of piperazine rings is 1. The van der Waals surface area contributed by atoms with E-state index in [-0.39, 0.29) is 23.8 Å². The topological polar surface area (TPSA) is 112 Å². The zero-order valence-corrected chi connectivity index (χ0v) is 19.5. The Bertz CT molecular complexity index is 970. The summed E-state index contributed by atoms with van der Waals surface area (Å²) in [5, 5.41) is 5.65. The Morgan fingerprint density at radius 2 is 1.94 bits per heavy atom. The van der Waals surface area contributed by atoms with Gasteiger partial charge in [0.2, 0.25) is 6.41 Å². The van der Waals surface area contributed by atoms with Crippen molar-refractivity contribution >= 4 is 17.9 Å². The molecule has 0 bridgehead atoms. The van der Waals surface area contributed by atoms with Crippen molar-refractivity contribution in [2.24, 2.45) is 28.3 Å². The van der Waals surface area contributed by atoms with Crippen LogP contribution in [0.15, 0.2) is 54.0 Å². The molecule has 11 heteroatoms. The summed E-state index contributed by atoms with van der Waals surface area (Å²) in [5.74, 6) is 1.35. The summed E-state index contributed by atoms with van der Waals surface area (Å²) < 4.78 is 41.5. The van der Waals surface area contributed by atoms with Gasteiger partial charge in [-0.1, -0.05) is 12.6 Å². The molecule has 3 aliphatic rings. The van der Waals surface area contributed by atoms with Crippen LogP contribution in [0.1, 0.15) is 11.1 Å². The van der Waals surface area contributed by atoms with Crippen LogP contribution >= 0.6 is 0 Å². The second-order valence-corrected chi connectivity index (χ2v) is 8.63. The Morgan fingerprint density at radius 3 is 2.51 bits per heavy atom. The predicted molar refractivity (Wildman–Crippen MR) is 129 cm³/mol. The van der Waals surface area contributed by atoms with Gasteiger partial charge in [-0.2, -0.15) is 13.2 Å². The zero-order valence-electron chi connectivity index (χ0n) is 19.5. The highest BCUT2D eigenvalue weighted by atomic mass is 19.4. The van der Waals surface area contributed by atoms with Gasteiger partial charge in [-0.05, 0) is 35.6 Å². The molecule has 2 unspecified atom stereocenters. The highest BCUT2D eigenvalue weighted by Crippen LogP contribution is 2.45. The van der Waals surface area contributed by atoms with E-state index >= 15 is 0 Å². The number of likely N-dealkylation sites (tertiary alicyclic amines) is 1. The summed E-state index contributed by atoms with van der Waals surface area (Å²) in [5.41, 5.74) is 12.8. The van der Waals surface area contributed by atoms with E-state index in [4.69, 9.17) is 11.5 Å². The molecule has 2 atom stereocenters. The lowest BCUT2D eigenvalue weighted by molar-refractivity contribution is -0.138. The average molecular weight is 492 g/mol. The molecule has 35 heavy (non-hydrogen) atoms. The smallest absolute Gasteiger partial charge is 0.398 e. The lowest BCUT2D eigenvalue weighted by atomic mass is 10.1. The van der Waals surface area contributed by atoms with Gasteiger partial charge in [-0.15, -0.1) is 5.73 Å². The van der Waals surface area contributed by atoms with E-state index < -0.39 is 11.7 Å². The summed E-state index contributed by atoms with van der Waals surface area (Å²) in [7, 11) is 0. The Balaban J connectivity index is 0.000000795. The molecule has 1 aromatic rings. The van der Waals surface area contributed by atoms with E-state index in [9.17, 15) is 18.0 Å². The molecule has 6 N–H and O–H groups in total. The molecular weight excluding hydrogens is 459 g/mol. The maximum Gasteiger partial charge on any atom is 0.416 e. The fourth-order valence-corrected chi connectivity index (χ4v) is 4.47. The van der Waals surface area contributed by atoms with Crippen LogP contribution in [0.2, 0.25) is 0 Å². The third kappa shape index (κ3) is 7.19. The molecule has 2 aliphatic heterocycles. The Kier molecular flexibility index (Phi) is 9.11. The minimum atomic E-state index is -4.47. The normalized spacial score (nSPS) is 24.3. The van der Waals surface area contributed by atoms with Gasteiger partial charge in [-0.3, -0.25) is 9.69 Å². The molecule has 1 aliphatic carbocycles. The van der Waals surface area contributed by atoms with Gasteiger partial charge in [0.15, 0.2) is 0 Å². The first-order valence-corrected chi connectivity index (χ1v) is 11.4. The minimum absolute atomic E-state index is 0.209. The standard InChI is InChI=1S/C21H27F3N6O.C3H5N/c22-21(23,24)18-9-15(2-1-14(18)10-29-11-16-17(12-29)20(16)25)28-19(3-4-27-13-31)30-7-5-26-6-8-30;1-2-3-4/h1-4,9,13,16-17,20,26H,5-8,10-12,25H2,(H,27,31);3H,1,4H2/b4-3-,28-19?;. The summed E-state index contributed by atoms with van der Waals surface area (Å²) in [6.45, 7) is 7.79. The highest BCUT2D eigenvalue weighted by Gasteiger charge is 2.53. The first kappa shape index (κ1) is 26.5. The van der Waals surface area contributed by atoms with Crippen LogP contribution in [0.3, 0.4) is 0 Å². The molecule has 0 spiro atoms. The summed E-state index contributed by atoms with van der Waals surface area (Å²) in [6, 6.07) is 4.46. The number of amides is 1. The van der Waals surface area contributed by atoms with Gasteiger partial charge in [0, 0.05) is 64.3 Å². The monoisotopic (exact) mass is 491 g/mol. The van der Waals surface area contributed by atoms with Crippen molar-refractivity contribution in [3.63, 3.8) is 0 Å². The van der Waals surface area contributed by atoms with Crippen LogP contribution in [-0.2, 0) is 17.5 Å². The first-order chi connectivity index (χ1) is 16.8. The number of amidine groups is 1. The van der Waals surface area contributed by atoms with Gasteiger partial charge in [0.05, 0.1) is 11.3 Å². The van der Waals surface area contributed by atoms with E-state index in [1.165, 1.54) is 18.5 Å². The highest BCUT2D eigenvalue weighted by molar-refractivity contribution is 5.95. The second kappa shape index (κ2) is 12.0. The quantitative estimate of drug-likeness (QED) is 0.208. The van der Waals surface area contributed by atoms with Crippen LogP contribution in [-0.4, -0.2) is 67.4 Å². The largest absolute Gasteiger partial charge is 0.416 e. The van der Waals surface area contributed by atoms with E-state index in [1.807, 2.05) is 9.80 Å². The van der Waals surface area contributed by atoms with Crippen molar-refractivity contribution in [2.75, 3.05) is 39.3 Å². The maximum absolute atomic E-state index is 13.8. The van der Waals surface area contributed by atoms with Gasteiger partial charge in [0.25, 0.3) is 0 Å². The lowest BCUT2D eigenvalue weighted by Crippen LogP contribution is -2.46. The average Bonchev–Trinajstić information content (AvgIpc) is 3.24. The Hall–Kier alpha value is -3.11. The minimum Gasteiger partial charge on any atom is -0.398 e. The number of alkyl halides is 3. The summed E-state index contributed by atoms with van der Waals surface area (Å²) >= 11 is 0. The lowest BCUT2D eigenvalue weighted by Gasteiger charge is -2.29. The number of rotatable bonds is 6. The molecule has 0 aromatic heterocycles. The molecule has 3 fully saturated rings. The van der Waals surface area contributed by atoms with Crippen molar-refractivity contribution in [3.05, 3.63) is 60.1 Å². The fraction of sp³-hybridized carbons (Fsp3) is 0.458. The van der Waals surface area contributed by atoms with Gasteiger partial charge < -0.3 is 27.0 Å². The fourth-order valence-electron chi connectivity index (χ4n) is 4.47. The molecule has 1 saturated carbocycles. The zero-order chi connectivity index (χ0) is 25.4. The van der Waals surface area contributed by atoms with E-state index in [0.717, 1.165) is 32.2 Å². The number of benzene rings is 1. The third-order valence-electron chi connectivity index (χ3n) is 6.33. The van der Waals surface area contributed by atoms with Crippen LogP contribution in [0.25, 0.3) is 0 Å². The van der Waals surface area contributed by atoms with Crippen molar-refractivity contribution < 1.29 is 18.0 Å². The summed E-state index contributed by atoms with van der Waals surface area (Å²) in [6.07, 6.45) is 0.346. The van der Waals surface area contributed by atoms with Crippen LogP contribution in [0.5, 0.6) is 0 Å². The molecule has 1 amide bonds. The molecular formula is C24H32F3N7O. The van der Waals surface area contributed by atoms with Crippen molar-refractivity contribution in [1.82, 2.24) is 20.4 Å². The first-order valence-electron chi connectivity index (χ1n) is 11.4. The second-order valence-electron chi connectivity index (χ2n) is 8.63. The molecule has 0 radical (unpaired) electrons. The number of halogens is 3. The number of piperidine rings is 1. The number of fused-ring (bicyclic) bond motifs is 1. The number of hydrogen-bond donors (Lipinski definition) is 4. The number of nitrogens with zero attached hydrogens (tertiary/aromatic N) is 3. The third-order valence-corrected chi connectivity index (χ3v) is 6.33. The Labute approximate surface area is 203 Å². The SMILES string of the molecule is C=C=CN.NC1C2CN(Cc3ccc(N=C(/C=C\NC=O)N4CCNCC4)cc3C(F)(F)F)CC12. The van der Waals surface area contributed by atoms with Crippen molar-refractivity contribution in [1.29, 1.82) is 0 Å². The maximum atomic E-state index is 13.8.